The van der Waals surface area contributed by atoms with Gasteiger partial charge in [0.15, 0.2) is 0 Å². The highest BCUT2D eigenvalue weighted by molar-refractivity contribution is 9.10. The van der Waals surface area contributed by atoms with E-state index in [-0.39, 0.29) is 10.7 Å². The summed E-state index contributed by atoms with van der Waals surface area (Å²) in [6.07, 6.45) is 0. The third-order valence-corrected chi connectivity index (χ3v) is 4.39. The lowest BCUT2D eigenvalue weighted by Crippen LogP contribution is -2.02. The second-order valence-corrected chi connectivity index (χ2v) is 6.07. The molecule has 0 radical (unpaired) electrons. The van der Waals surface area contributed by atoms with Crippen LogP contribution in [0.5, 0.6) is 0 Å². The molecule has 0 unspecified atom stereocenters. The van der Waals surface area contributed by atoms with E-state index in [0.29, 0.717) is 6.54 Å². The van der Waals surface area contributed by atoms with Crippen molar-refractivity contribution in [2.24, 2.45) is 0 Å². The zero-order chi connectivity index (χ0) is 15.6. The largest absolute Gasteiger partial charge is 0.381 e. The van der Waals surface area contributed by atoms with Gasteiger partial charge in [-0.1, -0.05) is 39.7 Å². The summed E-state index contributed by atoms with van der Waals surface area (Å²) < 4.78 is 1.07. The van der Waals surface area contributed by atoms with Gasteiger partial charge in [-0.3, -0.25) is 10.1 Å². The Morgan fingerprint density at radius 2 is 1.95 bits per heavy atom. The number of halogens is 2. The molecule has 0 heterocycles. The van der Waals surface area contributed by atoms with Gasteiger partial charge in [0.05, 0.1) is 4.92 Å². The maximum Gasteiger partial charge on any atom is 0.288 e. The summed E-state index contributed by atoms with van der Waals surface area (Å²) in [7, 11) is 0. The van der Waals surface area contributed by atoms with Crippen LogP contribution in [0.25, 0.3) is 0 Å². The summed E-state index contributed by atoms with van der Waals surface area (Å²) in [5, 5.41) is 14.2. The van der Waals surface area contributed by atoms with E-state index in [1.165, 1.54) is 6.07 Å². The third kappa shape index (κ3) is 3.74. The van der Waals surface area contributed by atoms with Gasteiger partial charge in [0, 0.05) is 22.8 Å². The van der Waals surface area contributed by atoms with Crippen molar-refractivity contribution in [3.05, 3.63) is 66.6 Å². The number of nitro groups is 1. The summed E-state index contributed by atoms with van der Waals surface area (Å²) in [5.41, 5.74) is 3.81. The van der Waals surface area contributed by atoms with Gasteiger partial charge in [-0.2, -0.15) is 0 Å². The molecule has 0 fully saturated rings. The molecule has 21 heavy (non-hydrogen) atoms. The number of nitrogens with one attached hydrogen (secondary N) is 1. The van der Waals surface area contributed by atoms with Crippen LogP contribution in [-0.4, -0.2) is 4.92 Å². The van der Waals surface area contributed by atoms with Crippen molar-refractivity contribution in [2.75, 3.05) is 5.32 Å². The number of hydrogen-bond donors (Lipinski definition) is 1. The summed E-state index contributed by atoms with van der Waals surface area (Å²) in [5.74, 6) is 0. The Hall–Kier alpha value is -1.59. The number of anilines is 1. The number of rotatable bonds is 4. The minimum absolute atomic E-state index is 0.0702. The Morgan fingerprint density at radius 3 is 2.57 bits per heavy atom. The van der Waals surface area contributed by atoms with Crippen LogP contribution in [0.2, 0.25) is 5.02 Å². The molecule has 2 rings (SSSR count). The lowest BCUT2D eigenvalue weighted by atomic mass is 10.1. The van der Waals surface area contributed by atoms with Crippen LogP contribution in [0.15, 0.2) is 34.8 Å². The van der Waals surface area contributed by atoms with E-state index < -0.39 is 4.92 Å². The normalized spacial score (nSPS) is 10.5. The average Bonchev–Trinajstić information content (AvgIpc) is 2.42. The van der Waals surface area contributed by atoms with E-state index in [9.17, 15) is 10.1 Å². The molecule has 0 aromatic heterocycles. The Morgan fingerprint density at radius 1 is 1.24 bits per heavy atom. The minimum atomic E-state index is -0.475. The molecular weight excluding hydrogens is 356 g/mol. The van der Waals surface area contributed by atoms with E-state index in [4.69, 9.17) is 11.6 Å². The van der Waals surface area contributed by atoms with E-state index in [0.717, 1.165) is 26.9 Å². The summed E-state index contributed by atoms with van der Waals surface area (Å²) in [6.45, 7) is 4.48. The van der Waals surface area contributed by atoms with Crippen molar-refractivity contribution in [3.63, 3.8) is 0 Å². The fourth-order valence-corrected chi connectivity index (χ4v) is 2.49. The molecule has 0 atom stereocenters. The van der Waals surface area contributed by atoms with Gasteiger partial charge in [0.1, 0.15) is 5.02 Å². The molecule has 0 bridgehead atoms. The van der Waals surface area contributed by atoms with Crippen molar-refractivity contribution in [2.45, 2.75) is 20.4 Å². The molecule has 0 saturated carbocycles. The fraction of sp³-hybridized carbons (Fsp3) is 0.200. The maximum atomic E-state index is 10.8. The Balaban J connectivity index is 2.18. The predicted octanol–water partition coefficient (Wildman–Crippen LogP) is 5.24. The van der Waals surface area contributed by atoms with Crippen LogP contribution in [0.4, 0.5) is 11.4 Å². The molecule has 0 aliphatic heterocycles. The highest BCUT2D eigenvalue weighted by Gasteiger charge is 2.14. The first-order chi connectivity index (χ1) is 9.88. The number of aryl methyl sites for hydroxylation is 2. The van der Waals surface area contributed by atoms with Crippen molar-refractivity contribution in [1.82, 2.24) is 0 Å². The number of nitrogens with zero attached hydrogens (tertiary/aromatic N) is 1. The van der Waals surface area contributed by atoms with Gasteiger partial charge in [-0.25, -0.2) is 0 Å². The van der Waals surface area contributed by atoms with Gasteiger partial charge in [-0.05, 0) is 42.7 Å². The molecule has 4 nitrogen and oxygen atoms in total. The first-order valence-electron chi connectivity index (χ1n) is 6.32. The standard InChI is InChI=1S/C15H14BrClN2O2/c1-9-5-11(3-4-12(9)16)8-18-14-7-13(17)15(19(20)21)6-10(14)2/h3-7,18H,8H2,1-2H3. The van der Waals surface area contributed by atoms with E-state index >= 15 is 0 Å². The first kappa shape index (κ1) is 15.8. The van der Waals surface area contributed by atoms with Crippen molar-refractivity contribution in [3.8, 4) is 0 Å². The topological polar surface area (TPSA) is 55.2 Å². The smallest absolute Gasteiger partial charge is 0.288 e. The molecule has 0 amide bonds. The Kier molecular flexibility index (Phi) is 4.85. The summed E-state index contributed by atoms with van der Waals surface area (Å²) >= 11 is 9.40. The van der Waals surface area contributed by atoms with E-state index in [2.05, 4.69) is 27.3 Å². The molecule has 1 N–H and O–H groups in total. The van der Waals surface area contributed by atoms with Gasteiger partial charge in [0.25, 0.3) is 5.69 Å². The van der Waals surface area contributed by atoms with Crippen LogP contribution in [0.1, 0.15) is 16.7 Å². The first-order valence-corrected chi connectivity index (χ1v) is 7.49. The quantitative estimate of drug-likeness (QED) is 0.592. The van der Waals surface area contributed by atoms with Crippen LogP contribution >= 0.6 is 27.5 Å². The lowest BCUT2D eigenvalue weighted by molar-refractivity contribution is -0.384. The monoisotopic (exact) mass is 368 g/mol. The van der Waals surface area contributed by atoms with Gasteiger partial charge in [-0.15, -0.1) is 0 Å². The number of hydrogen-bond acceptors (Lipinski definition) is 3. The Labute approximate surface area is 136 Å². The zero-order valence-corrected chi connectivity index (χ0v) is 14.0. The SMILES string of the molecule is Cc1cc(CNc2cc(Cl)c([N+](=O)[O-])cc2C)ccc1Br. The molecule has 0 aliphatic carbocycles. The second kappa shape index (κ2) is 6.45. The van der Waals surface area contributed by atoms with Crippen LogP contribution < -0.4 is 5.32 Å². The van der Waals surface area contributed by atoms with Crippen LogP contribution in [0, 0.1) is 24.0 Å². The highest BCUT2D eigenvalue weighted by atomic mass is 79.9. The number of benzene rings is 2. The molecule has 0 spiro atoms. The van der Waals surface area contributed by atoms with E-state index in [1.807, 2.05) is 26.0 Å². The van der Waals surface area contributed by atoms with Crippen molar-refractivity contribution in [1.29, 1.82) is 0 Å². The van der Waals surface area contributed by atoms with Crippen molar-refractivity contribution >= 4 is 38.9 Å². The minimum Gasteiger partial charge on any atom is -0.381 e. The van der Waals surface area contributed by atoms with Crippen molar-refractivity contribution < 1.29 is 4.92 Å². The highest BCUT2D eigenvalue weighted by Crippen LogP contribution is 2.30. The predicted molar refractivity (Wildman–Crippen MR) is 89.0 cm³/mol. The molecule has 2 aromatic carbocycles. The molecule has 110 valence electrons. The summed E-state index contributed by atoms with van der Waals surface area (Å²) in [4.78, 5) is 10.4. The molecule has 2 aromatic rings. The average molecular weight is 370 g/mol. The lowest BCUT2D eigenvalue weighted by Gasteiger charge is -2.11. The summed E-state index contributed by atoms with van der Waals surface area (Å²) in [6, 6.07) is 9.19. The fourth-order valence-electron chi connectivity index (χ4n) is 2.01. The van der Waals surface area contributed by atoms with Crippen LogP contribution in [-0.2, 0) is 6.54 Å². The second-order valence-electron chi connectivity index (χ2n) is 4.81. The maximum absolute atomic E-state index is 10.8. The molecular formula is C15H14BrClN2O2. The molecule has 6 heteroatoms. The third-order valence-electron chi connectivity index (χ3n) is 3.20. The molecule has 0 aliphatic rings. The van der Waals surface area contributed by atoms with E-state index in [1.54, 1.807) is 6.07 Å². The van der Waals surface area contributed by atoms with Gasteiger partial charge < -0.3 is 5.32 Å². The molecule has 0 saturated heterocycles. The van der Waals surface area contributed by atoms with Crippen LogP contribution in [0.3, 0.4) is 0 Å². The number of nitro benzene ring substituents is 1. The zero-order valence-electron chi connectivity index (χ0n) is 11.6. The van der Waals surface area contributed by atoms with Gasteiger partial charge in [0.2, 0.25) is 0 Å². The van der Waals surface area contributed by atoms with Gasteiger partial charge >= 0.3 is 0 Å². The Bertz CT molecular complexity index is 704.